The van der Waals surface area contributed by atoms with E-state index < -0.39 is 6.08 Å². The summed E-state index contributed by atoms with van der Waals surface area (Å²) in [5.74, 6) is -0.203. The molecule has 0 heterocycles. The van der Waals surface area contributed by atoms with Gasteiger partial charge in [-0.05, 0) is 38.2 Å². The minimum atomic E-state index is -1.55. The van der Waals surface area contributed by atoms with E-state index in [0.717, 1.165) is 6.42 Å². The van der Waals surface area contributed by atoms with Gasteiger partial charge in [-0.3, -0.25) is 4.79 Å². The fraction of sp³-hybridized carbons (Fsp3) is 0.750. The van der Waals surface area contributed by atoms with Gasteiger partial charge in [0, 0.05) is 6.42 Å². The zero-order chi connectivity index (χ0) is 12.4. The smallest absolute Gasteiger partial charge is 0.305 e. The van der Waals surface area contributed by atoms with E-state index in [9.17, 15) is 13.6 Å². The largest absolute Gasteiger partial charge is 0.466 e. The highest BCUT2D eigenvalue weighted by Gasteiger charge is 2.04. The van der Waals surface area contributed by atoms with Gasteiger partial charge < -0.3 is 4.74 Å². The Bertz CT molecular complexity index is 233. The van der Waals surface area contributed by atoms with Crippen LogP contribution in [0.15, 0.2) is 11.7 Å². The molecule has 4 heteroatoms. The number of carbonyl (C=O) groups is 1. The summed E-state index contributed by atoms with van der Waals surface area (Å²) in [7, 11) is 0. The van der Waals surface area contributed by atoms with Gasteiger partial charge in [-0.25, -0.2) is 0 Å². The maximum atomic E-state index is 12.2. The second kappa shape index (κ2) is 9.31. The molecule has 0 bridgehead atoms. The van der Waals surface area contributed by atoms with Crippen molar-refractivity contribution in [1.82, 2.24) is 0 Å². The van der Waals surface area contributed by atoms with Crippen molar-refractivity contribution in [3.05, 3.63) is 11.7 Å². The SMILES string of the molecule is CCOC(=O)CCCCCC(CC)=C(F)F. The summed E-state index contributed by atoms with van der Waals surface area (Å²) < 4.78 is 29.2. The first kappa shape index (κ1) is 15.1. The monoisotopic (exact) mass is 234 g/mol. The van der Waals surface area contributed by atoms with Crippen LogP contribution in [0.1, 0.15) is 52.4 Å². The van der Waals surface area contributed by atoms with Crippen LogP contribution in [-0.2, 0) is 9.53 Å². The molecule has 0 saturated heterocycles. The number of esters is 1. The molecule has 0 saturated carbocycles. The van der Waals surface area contributed by atoms with E-state index in [0.29, 0.717) is 38.7 Å². The Hall–Kier alpha value is -0.930. The third-order valence-electron chi connectivity index (χ3n) is 2.36. The minimum Gasteiger partial charge on any atom is -0.466 e. The summed E-state index contributed by atoms with van der Waals surface area (Å²) >= 11 is 0. The lowest BCUT2D eigenvalue weighted by molar-refractivity contribution is -0.143. The third kappa shape index (κ3) is 7.37. The fourth-order valence-corrected chi connectivity index (χ4v) is 1.42. The molecule has 0 radical (unpaired) electrons. The van der Waals surface area contributed by atoms with Gasteiger partial charge in [-0.15, -0.1) is 0 Å². The fourth-order valence-electron chi connectivity index (χ4n) is 1.42. The molecule has 0 aromatic carbocycles. The number of allylic oxidation sites excluding steroid dienone is 1. The topological polar surface area (TPSA) is 26.3 Å². The Morgan fingerprint density at radius 2 is 1.69 bits per heavy atom. The zero-order valence-electron chi connectivity index (χ0n) is 10.0. The number of hydrogen-bond acceptors (Lipinski definition) is 2. The van der Waals surface area contributed by atoms with Crippen molar-refractivity contribution in [3.8, 4) is 0 Å². The van der Waals surface area contributed by atoms with E-state index in [4.69, 9.17) is 4.74 Å². The molecule has 0 aliphatic rings. The van der Waals surface area contributed by atoms with Crippen LogP contribution in [-0.4, -0.2) is 12.6 Å². The molecule has 94 valence electrons. The lowest BCUT2D eigenvalue weighted by atomic mass is 10.1. The van der Waals surface area contributed by atoms with Gasteiger partial charge in [0.2, 0.25) is 0 Å². The molecule has 0 aromatic rings. The summed E-state index contributed by atoms with van der Waals surface area (Å²) in [5.41, 5.74) is 0.233. The normalized spacial score (nSPS) is 10.0. The molecule has 2 nitrogen and oxygen atoms in total. The summed E-state index contributed by atoms with van der Waals surface area (Å²) in [5, 5.41) is 0. The maximum absolute atomic E-state index is 12.2. The Morgan fingerprint density at radius 3 is 2.19 bits per heavy atom. The van der Waals surface area contributed by atoms with Crippen LogP contribution in [0.3, 0.4) is 0 Å². The minimum absolute atomic E-state index is 0.203. The second-order valence-corrected chi connectivity index (χ2v) is 3.58. The lowest BCUT2D eigenvalue weighted by Gasteiger charge is -2.03. The van der Waals surface area contributed by atoms with E-state index in [1.807, 2.05) is 0 Å². The van der Waals surface area contributed by atoms with Crippen LogP contribution >= 0.6 is 0 Å². The van der Waals surface area contributed by atoms with Crippen molar-refractivity contribution in [2.24, 2.45) is 0 Å². The number of ether oxygens (including phenoxy) is 1. The summed E-state index contributed by atoms with van der Waals surface area (Å²) in [6.45, 7) is 3.89. The van der Waals surface area contributed by atoms with Crippen molar-refractivity contribution >= 4 is 5.97 Å². The number of halogens is 2. The predicted molar refractivity (Wildman–Crippen MR) is 59.3 cm³/mol. The van der Waals surface area contributed by atoms with Gasteiger partial charge in [0.15, 0.2) is 0 Å². The van der Waals surface area contributed by atoms with Crippen LogP contribution in [0.2, 0.25) is 0 Å². The van der Waals surface area contributed by atoms with Crippen molar-refractivity contribution < 1.29 is 18.3 Å². The molecule has 0 aliphatic carbocycles. The molecule has 0 unspecified atom stereocenters. The van der Waals surface area contributed by atoms with Crippen LogP contribution in [0.4, 0.5) is 8.78 Å². The van der Waals surface area contributed by atoms with Crippen LogP contribution in [0, 0.1) is 0 Å². The first-order chi connectivity index (χ1) is 7.61. The molecule has 0 N–H and O–H groups in total. The van der Waals surface area contributed by atoms with Crippen LogP contribution in [0.5, 0.6) is 0 Å². The first-order valence-electron chi connectivity index (χ1n) is 5.80. The van der Waals surface area contributed by atoms with E-state index in [-0.39, 0.29) is 11.5 Å². The highest BCUT2D eigenvalue weighted by atomic mass is 19.3. The highest BCUT2D eigenvalue weighted by molar-refractivity contribution is 5.69. The molecule has 16 heavy (non-hydrogen) atoms. The maximum Gasteiger partial charge on any atom is 0.305 e. The molecule has 0 fully saturated rings. The average molecular weight is 234 g/mol. The van der Waals surface area contributed by atoms with Crippen molar-refractivity contribution in [2.75, 3.05) is 6.61 Å². The van der Waals surface area contributed by atoms with E-state index in [1.54, 1.807) is 13.8 Å². The number of hydrogen-bond donors (Lipinski definition) is 0. The molecule has 0 spiro atoms. The Balaban J connectivity index is 3.54. The second-order valence-electron chi connectivity index (χ2n) is 3.58. The quantitative estimate of drug-likeness (QED) is 0.467. The standard InChI is InChI=1S/C12H20F2O2/c1-3-10(12(13)14)8-6-5-7-9-11(15)16-4-2/h3-9H2,1-2H3. The van der Waals surface area contributed by atoms with Gasteiger partial charge >= 0.3 is 5.97 Å². The van der Waals surface area contributed by atoms with Crippen LogP contribution < -0.4 is 0 Å². The lowest BCUT2D eigenvalue weighted by Crippen LogP contribution is -2.03. The zero-order valence-corrected chi connectivity index (χ0v) is 10.0. The summed E-state index contributed by atoms with van der Waals surface area (Å²) in [6.07, 6.45) is 1.88. The molecular weight excluding hydrogens is 214 g/mol. The van der Waals surface area contributed by atoms with E-state index >= 15 is 0 Å². The summed E-state index contributed by atoms with van der Waals surface area (Å²) in [6, 6.07) is 0. The summed E-state index contributed by atoms with van der Waals surface area (Å²) in [4.78, 5) is 11.0. The molecule has 0 rings (SSSR count). The van der Waals surface area contributed by atoms with Gasteiger partial charge in [0.1, 0.15) is 0 Å². The highest BCUT2D eigenvalue weighted by Crippen LogP contribution is 2.19. The molecule has 0 atom stereocenters. The van der Waals surface area contributed by atoms with Crippen molar-refractivity contribution in [3.63, 3.8) is 0 Å². The van der Waals surface area contributed by atoms with Gasteiger partial charge in [0.05, 0.1) is 6.61 Å². The molecule has 0 aliphatic heterocycles. The number of carbonyl (C=O) groups excluding carboxylic acids is 1. The van der Waals surface area contributed by atoms with Gasteiger partial charge in [0.25, 0.3) is 6.08 Å². The molecule has 0 amide bonds. The number of rotatable bonds is 8. The first-order valence-corrected chi connectivity index (χ1v) is 5.80. The predicted octanol–water partition coefficient (Wildman–Crippen LogP) is 4.06. The van der Waals surface area contributed by atoms with E-state index in [1.165, 1.54) is 0 Å². The van der Waals surface area contributed by atoms with Crippen LogP contribution in [0.25, 0.3) is 0 Å². The van der Waals surface area contributed by atoms with E-state index in [2.05, 4.69) is 0 Å². The van der Waals surface area contributed by atoms with Gasteiger partial charge in [-0.2, -0.15) is 8.78 Å². The number of unbranched alkanes of at least 4 members (excludes halogenated alkanes) is 2. The average Bonchev–Trinajstić information content (AvgIpc) is 2.23. The molecular formula is C12H20F2O2. The van der Waals surface area contributed by atoms with Crippen molar-refractivity contribution in [1.29, 1.82) is 0 Å². The Morgan fingerprint density at radius 1 is 1.06 bits per heavy atom. The Kier molecular flexibility index (Phi) is 8.77. The van der Waals surface area contributed by atoms with Gasteiger partial charge in [-0.1, -0.05) is 13.3 Å². The molecule has 0 aromatic heterocycles. The Labute approximate surface area is 95.7 Å². The third-order valence-corrected chi connectivity index (χ3v) is 2.36. The van der Waals surface area contributed by atoms with Crippen molar-refractivity contribution in [2.45, 2.75) is 52.4 Å².